The first-order valence-corrected chi connectivity index (χ1v) is 8.47. The minimum atomic E-state index is -0.106. The largest absolute Gasteiger partial charge is 0.453 e. The lowest BCUT2D eigenvalue weighted by Crippen LogP contribution is -2.07. The molecule has 0 radical (unpaired) electrons. The van der Waals surface area contributed by atoms with Gasteiger partial charge in [-0.05, 0) is 74.9 Å². The van der Waals surface area contributed by atoms with Crippen molar-refractivity contribution >= 4 is 72.7 Å². The molecule has 0 saturated carbocycles. The van der Waals surface area contributed by atoms with Crippen molar-refractivity contribution in [1.29, 1.82) is 0 Å². The Morgan fingerprint density at radius 3 is 2.38 bits per heavy atom. The Labute approximate surface area is 152 Å². The van der Waals surface area contributed by atoms with Gasteiger partial charge in [-0.3, -0.25) is 4.79 Å². The third kappa shape index (κ3) is 2.86. The lowest BCUT2D eigenvalue weighted by atomic mass is 10.1. The van der Waals surface area contributed by atoms with E-state index >= 15 is 0 Å². The van der Waals surface area contributed by atoms with Crippen LogP contribution in [0.1, 0.15) is 0 Å². The lowest BCUT2D eigenvalue weighted by Gasteiger charge is -2.08. The van der Waals surface area contributed by atoms with Crippen LogP contribution in [0.25, 0.3) is 22.3 Å². The smallest absolute Gasteiger partial charge is 0.206 e. The zero-order chi connectivity index (χ0) is 15.1. The van der Waals surface area contributed by atoms with Gasteiger partial charge >= 0.3 is 0 Å². The minimum absolute atomic E-state index is 0.106. The van der Waals surface area contributed by atoms with E-state index in [1.165, 1.54) is 0 Å². The molecule has 0 aliphatic rings. The van der Waals surface area contributed by atoms with Crippen LogP contribution in [0.15, 0.2) is 50.1 Å². The number of halogens is 4. The first-order valence-electron chi connectivity index (χ1n) is 5.84. The second-order valence-electron chi connectivity index (χ2n) is 4.35. The highest BCUT2D eigenvalue weighted by Crippen LogP contribution is 2.32. The van der Waals surface area contributed by atoms with Crippen molar-refractivity contribution in [2.24, 2.45) is 0 Å². The van der Waals surface area contributed by atoms with Crippen LogP contribution in [0.4, 0.5) is 0 Å². The van der Waals surface area contributed by atoms with Gasteiger partial charge in [0.15, 0.2) is 11.3 Å². The molecule has 106 valence electrons. The summed E-state index contributed by atoms with van der Waals surface area (Å²) in [6, 6.07) is 10.5. The Balaban J connectivity index is 2.37. The van der Waals surface area contributed by atoms with Gasteiger partial charge in [0.05, 0.1) is 9.86 Å². The maximum absolute atomic E-state index is 12.5. The average molecular weight is 496 g/mol. The third-order valence-electron chi connectivity index (χ3n) is 2.96. The summed E-state index contributed by atoms with van der Waals surface area (Å²) >= 11 is 17.3. The van der Waals surface area contributed by atoms with Gasteiger partial charge < -0.3 is 4.42 Å². The van der Waals surface area contributed by atoms with E-state index in [1.54, 1.807) is 24.3 Å². The molecule has 1 aromatic heterocycles. The van der Waals surface area contributed by atoms with E-state index in [9.17, 15) is 4.79 Å². The molecule has 0 fully saturated rings. The first-order chi connectivity index (χ1) is 9.97. The van der Waals surface area contributed by atoms with Crippen LogP contribution in [0.5, 0.6) is 0 Å². The normalized spacial score (nSPS) is 11.0. The van der Waals surface area contributed by atoms with Crippen molar-refractivity contribution in [3.8, 4) is 11.3 Å². The molecule has 0 amide bonds. The Morgan fingerprint density at radius 2 is 1.71 bits per heavy atom. The fraction of sp³-hybridized carbons (Fsp3) is 0. The molecule has 21 heavy (non-hydrogen) atoms. The summed E-state index contributed by atoms with van der Waals surface area (Å²) in [6.45, 7) is 0. The summed E-state index contributed by atoms with van der Waals surface area (Å²) in [7, 11) is 0. The Bertz CT molecular complexity index is 904. The van der Waals surface area contributed by atoms with E-state index in [-0.39, 0.29) is 5.43 Å². The second kappa shape index (κ2) is 5.91. The molecule has 0 bridgehead atoms. The van der Waals surface area contributed by atoms with Gasteiger partial charge in [0.1, 0.15) is 3.57 Å². The summed E-state index contributed by atoms with van der Waals surface area (Å²) in [4.78, 5) is 12.5. The fourth-order valence-corrected chi connectivity index (χ4v) is 3.72. The van der Waals surface area contributed by atoms with E-state index in [0.29, 0.717) is 34.8 Å². The predicted molar refractivity (Wildman–Crippen MR) is 98.4 cm³/mol. The fourth-order valence-electron chi connectivity index (χ4n) is 1.99. The summed E-state index contributed by atoms with van der Waals surface area (Å²) in [6.07, 6.45) is 0. The Kier molecular flexibility index (Phi) is 4.32. The molecule has 0 unspecified atom stereocenters. The molecule has 0 atom stereocenters. The van der Waals surface area contributed by atoms with Crippen LogP contribution in [0, 0.1) is 3.57 Å². The molecule has 2 aromatic carbocycles. The third-order valence-corrected chi connectivity index (χ3v) is 5.00. The first kappa shape index (κ1) is 15.3. The van der Waals surface area contributed by atoms with E-state index in [0.717, 1.165) is 5.56 Å². The predicted octanol–water partition coefficient (Wildman–Crippen LogP) is 6.13. The number of hydrogen-bond donors (Lipinski definition) is 0. The quantitative estimate of drug-likeness (QED) is 0.380. The highest BCUT2D eigenvalue weighted by molar-refractivity contribution is 14.1. The van der Waals surface area contributed by atoms with Gasteiger partial charge in [-0.1, -0.05) is 23.2 Å². The maximum Gasteiger partial charge on any atom is 0.206 e. The summed E-state index contributed by atoms with van der Waals surface area (Å²) in [5, 5.41) is 1.57. The maximum atomic E-state index is 12.5. The molecular weight excluding hydrogens is 490 g/mol. The van der Waals surface area contributed by atoms with Crippen LogP contribution >= 0.6 is 61.7 Å². The molecule has 0 saturated heterocycles. The van der Waals surface area contributed by atoms with Crippen LogP contribution in [-0.2, 0) is 0 Å². The van der Waals surface area contributed by atoms with Gasteiger partial charge in [0.2, 0.25) is 5.43 Å². The van der Waals surface area contributed by atoms with Crippen LogP contribution in [-0.4, -0.2) is 0 Å². The zero-order valence-corrected chi connectivity index (χ0v) is 15.5. The van der Waals surface area contributed by atoms with Crippen molar-refractivity contribution in [2.45, 2.75) is 0 Å². The monoisotopic (exact) mass is 494 g/mol. The van der Waals surface area contributed by atoms with Gasteiger partial charge in [-0.15, -0.1) is 0 Å². The molecule has 0 aliphatic carbocycles. The topological polar surface area (TPSA) is 30.2 Å². The van der Waals surface area contributed by atoms with E-state index < -0.39 is 0 Å². The molecule has 0 spiro atoms. The molecular formula is C15H6BrCl2IO2. The Morgan fingerprint density at radius 1 is 1.05 bits per heavy atom. The van der Waals surface area contributed by atoms with Crippen molar-refractivity contribution in [2.75, 3.05) is 0 Å². The highest BCUT2D eigenvalue weighted by Gasteiger charge is 2.16. The van der Waals surface area contributed by atoms with E-state index in [1.807, 2.05) is 34.7 Å². The van der Waals surface area contributed by atoms with Crippen molar-refractivity contribution < 1.29 is 4.42 Å². The number of benzene rings is 2. The van der Waals surface area contributed by atoms with Crippen molar-refractivity contribution in [1.82, 2.24) is 0 Å². The minimum Gasteiger partial charge on any atom is -0.453 e. The van der Waals surface area contributed by atoms with Gasteiger partial charge in [0.25, 0.3) is 0 Å². The number of hydrogen-bond acceptors (Lipinski definition) is 2. The number of fused-ring (bicyclic) bond motifs is 1. The van der Waals surface area contributed by atoms with Crippen LogP contribution in [0.3, 0.4) is 0 Å². The molecule has 3 aromatic rings. The molecule has 2 nitrogen and oxygen atoms in total. The van der Waals surface area contributed by atoms with Gasteiger partial charge in [-0.2, -0.15) is 0 Å². The SMILES string of the molecule is O=c1c(I)c(-c2ccc(Cl)cc2)oc2c(Br)cc(Cl)cc12. The zero-order valence-electron chi connectivity index (χ0n) is 10.3. The number of rotatable bonds is 1. The van der Waals surface area contributed by atoms with Crippen molar-refractivity contribution in [3.63, 3.8) is 0 Å². The lowest BCUT2D eigenvalue weighted by molar-refractivity contribution is 0.613. The molecule has 3 rings (SSSR count). The summed E-state index contributed by atoms with van der Waals surface area (Å²) in [5.41, 5.74) is 1.17. The standard InChI is InChI=1S/C15H6BrCl2IO2/c16-11-6-9(18)5-10-13(20)12(19)14(21-15(10)11)7-1-3-8(17)4-2-7/h1-6H. The van der Waals surface area contributed by atoms with E-state index in [4.69, 9.17) is 27.6 Å². The summed E-state index contributed by atoms with van der Waals surface area (Å²) < 4.78 is 7.09. The molecule has 1 heterocycles. The molecule has 0 aliphatic heterocycles. The van der Waals surface area contributed by atoms with Gasteiger partial charge in [0, 0.05) is 15.6 Å². The Hall–Kier alpha value is -0.560. The highest BCUT2D eigenvalue weighted by atomic mass is 127. The van der Waals surface area contributed by atoms with Crippen LogP contribution in [0.2, 0.25) is 10.0 Å². The average Bonchev–Trinajstić information content (AvgIpc) is 2.44. The second-order valence-corrected chi connectivity index (χ2v) is 7.15. The van der Waals surface area contributed by atoms with Crippen molar-refractivity contribution in [3.05, 3.63) is 64.7 Å². The molecule has 6 heteroatoms. The van der Waals surface area contributed by atoms with Gasteiger partial charge in [-0.25, -0.2) is 0 Å². The molecule has 0 N–H and O–H groups in total. The van der Waals surface area contributed by atoms with Crippen LogP contribution < -0.4 is 5.43 Å². The van der Waals surface area contributed by atoms with E-state index in [2.05, 4.69) is 15.9 Å². The summed E-state index contributed by atoms with van der Waals surface area (Å²) in [5.74, 6) is 0.521.